The Labute approximate surface area is 432 Å². The lowest BCUT2D eigenvalue weighted by molar-refractivity contribution is 0.0247. The Morgan fingerprint density at radius 3 is 1.07 bits per heavy atom. The van der Waals surface area contributed by atoms with Crippen LogP contribution in [0, 0.1) is 0 Å². The van der Waals surface area contributed by atoms with Gasteiger partial charge >= 0.3 is 0 Å². The van der Waals surface area contributed by atoms with Gasteiger partial charge in [0, 0.05) is 0 Å². The van der Waals surface area contributed by atoms with E-state index < -0.39 is 0 Å². The van der Waals surface area contributed by atoms with E-state index in [0.29, 0.717) is 59.5 Å². The van der Waals surface area contributed by atoms with Crippen molar-refractivity contribution in [2.75, 3.05) is 59.5 Å². The predicted molar refractivity (Wildman–Crippen MR) is 294 cm³/mol. The molecular weight excluding hydrogens is 889 g/mol. The van der Waals surface area contributed by atoms with Crippen LogP contribution in [-0.2, 0) is 16.1 Å². The summed E-state index contributed by atoms with van der Waals surface area (Å²) in [7, 11) is 0. The van der Waals surface area contributed by atoms with Crippen LogP contribution in [0.3, 0.4) is 0 Å². The van der Waals surface area contributed by atoms with E-state index in [1.165, 1.54) is 173 Å². The van der Waals surface area contributed by atoms with Crippen molar-refractivity contribution in [3.8, 4) is 28.7 Å². The topological polar surface area (TPSA) is 110 Å². The van der Waals surface area contributed by atoms with Crippen molar-refractivity contribution in [2.45, 2.75) is 220 Å². The van der Waals surface area contributed by atoms with Crippen molar-refractivity contribution in [1.29, 1.82) is 0 Å². The van der Waals surface area contributed by atoms with Crippen molar-refractivity contribution in [1.82, 2.24) is 0 Å². The lowest BCUT2D eigenvalue weighted by atomic mass is 10.1. The van der Waals surface area contributed by atoms with Gasteiger partial charge in [0.05, 0.1) is 64.2 Å². The fourth-order valence-corrected chi connectivity index (χ4v) is 8.48. The van der Waals surface area contributed by atoms with Gasteiger partial charge in [-0.3, -0.25) is 0 Å². The highest BCUT2D eigenvalue weighted by Crippen LogP contribution is 2.40. The molecule has 10 heteroatoms. The molecule has 0 radical (unpaired) electrons. The number of benzene rings is 3. The van der Waals surface area contributed by atoms with E-state index in [9.17, 15) is 0 Å². The Hall–Kier alpha value is -3.86. The van der Waals surface area contributed by atoms with Gasteiger partial charge in [-0.25, -0.2) is 0 Å². The largest absolute Gasteiger partial charge is 0.491 e. The number of aliphatic hydroxyl groups excluding tert-OH is 1. The van der Waals surface area contributed by atoms with Crippen LogP contribution < -0.4 is 23.7 Å². The van der Waals surface area contributed by atoms with Gasteiger partial charge < -0.3 is 38.3 Å². The predicted octanol–water partition coefficient (Wildman–Crippen LogP) is 18.0. The highest BCUT2D eigenvalue weighted by molar-refractivity contribution is 5.54. The van der Waals surface area contributed by atoms with Crippen molar-refractivity contribution < 1.29 is 38.3 Å². The van der Waals surface area contributed by atoms with Crippen LogP contribution in [0.15, 0.2) is 70.9 Å². The van der Waals surface area contributed by atoms with E-state index in [2.05, 4.69) is 43.1 Å². The summed E-state index contributed by atoms with van der Waals surface area (Å²) in [6.07, 6.45) is 38.6. The molecule has 0 aliphatic heterocycles. The number of azo groups is 1. The Morgan fingerprint density at radius 2 is 0.676 bits per heavy atom. The van der Waals surface area contributed by atoms with E-state index >= 15 is 0 Å². The minimum absolute atomic E-state index is 0.0142. The first-order valence-electron chi connectivity index (χ1n) is 28.9. The Kier molecular flexibility index (Phi) is 38.8. The first-order chi connectivity index (χ1) is 35.2. The third-order valence-electron chi connectivity index (χ3n) is 12.8. The number of nitrogens with zero attached hydrogens (tertiary/aromatic N) is 2. The third-order valence-corrected chi connectivity index (χ3v) is 12.8. The highest BCUT2D eigenvalue weighted by Gasteiger charge is 2.17. The summed E-state index contributed by atoms with van der Waals surface area (Å²) in [4.78, 5) is 0. The summed E-state index contributed by atoms with van der Waals surface area (Å²) < 4.78 is 42.7. The molecule has 3 aromatic rings. The quantitative estimate of drug-likeness (QED) is 0.0440. The Bertz CT molecular complexity index is 1620. The molecular formula is C61H100N2O8. The van der Waals surface area contributed by atoms with Gasteiger partial charge in [-0.15, -0.1) is 0 Å². The van der Waals surface area contributed by atoms with Crippen molar-refractivity contribution in [3.63, 3.8) is 0 Å². The molecule has 0 aliphatic rings. The molecule has 3 aromatic carbocycles. The van der Waals surface area contributed by atoms with Crippen LogP contribution in [0.2, 0.25) is 0 Å². The van der Waals surface area contributed by atoms with Crippen LogP contribution >= 0.6 is 0 Å². The van der Waals surface area contributed by atoms with Crippen LogP contribution in [0.1, 0.15) is 219 Å². The van der Waals surface area contributed by atoms with Crippen LogP contribution in [0.25, 0.3) is 0 Å². The monoisotopic (exact) mass is 989 g/mol. The minimum atomic E-state index is 0.0142. The van der Waals surface area contributed by atoms with Crippen LogP contribution in [0.4, 0.5) is 11.4 Å². The molecule has 0 fully saturated rings. The number of unbranched alkanes of at least 4 members (excludes halogenated alkanes) is 27. The van der Waals surface area contributed by atoms with Crippen molar-refractivity contribution in [3.05, 3.63) is 66.2 Å². The average Bonchev–Trinajstić information content (AvgIpc) is 3.39. The van der Waals surface area contributed by atoms with Gasteiger partial charge in [0.15, 0.2) is 11.5 Å². The number of hydrogen-bond acceptors (Lipinski definition) is 10. The van der Waals surface area contributed by atoms with Gasteiger partial charge in [-0.2, -0.15) is 10.2 Å². The number of rotatable bonds is 50. The van der Waals surface area contributed by atoms with Gasteiger partial charge in [0.1, 0.15) is 24.7 Å². The molecule has 0 saturated carbocycles. The molecule has 0 bridgehead atoms. The zero-order chi connectivity index (χ0) is 50.3. The summed E-state index contributed by atoms with van der Waals surface area (Å²) in [5, 5.41) is 17.6. The maximum absolute atomic E-state index is 8.77. The zero-order valence-electron chi connectivity index (χ0n) is 45.3. The molecule has 0 heterocycles. The van der Waals surface area contributed by atoms with Gasteiger partial charge in [-0.1, -0.05) is 194 Å². The van der Waals surface area contributed by atoms with Crippen molar-refractivity contribution >= 4 is 11.4 Å². The fraction of sp³-hybridized carbons (Fsp3) is 0.705. The van der Waals surface area contributed by atoms with E-state index in [0.717, 1.165) is 64.9 Å². The van der Waals surface area contributed by atoms with Gasteiger partial charge in [0.2, 0.25) is 5.75 Å². The maximum Gasteiger partial charge on any atom is 0.203 e. The minimum Gasteiger partial charge on any atom is -0.491 e. The number of aliphatic hydroxyl groups is 1. The van der Waals surface area contributed by atoms with Crippen molar-refractivity contribution in [2.24, 2.45) is 10.2 Å². The number of ether oxygens (including phenoxy) is 7. The molecule has 10 nitrogen and oxygen atoms in total. The summed E-state index contributed by atoms with van der Waals surface area (Å²) in [6.45, 7) is 11.3. The second-order valence-electron chi connectivity index (χ2n) is 19.3. The zero-order valence-corrected chi connectivity index (χ0v) is 45.3. The summed E-state index contributed by atoms with van der Waals surface area (Å²) >= 11 is 0. The fourth-order valence-electron chi connectivity index (χ4n) is 8.48. The third kappa shape index (κ3) is 32.8. The molecule has 0 spiro atoms. The summed E-state index contributed by atoms with van der Waals surface area (Å²) in [6, 6.07) is 19.4. The van der Waals surface area contributed by atoms with Gasteiger partial charge in [0.25, 0.3) is 0 Å². The smallest absolute Gasteiger partial charge is 0.203 e. The van der Waals surface area contributed by atoms with E-state index in [1.54, 1.807) is 0 Å². The number of hydrogen-bond donors (Lipinski definition) is 1. The Morgan fingerprint density at radius 1 is 0.338 bits per heavy atom. The van der Waals surface area contributed by atoms with Crippen LogP contribution in [0.5, 0.6) is 28.7 Å². The molecule has 0 saturated heterocycles. The molecule has 402 valence electrons. The van der Waals surface area contributed by atoms with E-state index in [4.69, 9.17) is 38.3 Å². The van der Waals surface area contributed by atoms with E-state index in [1.807, 2.05) is 48.5 Å². The molecule has 0 aromatic heterocycles. The molecule has 71 heavy (non-hydrogen) atoms. The van der Waals surface area contributed by atoms with E-state index in [-0.39, 0.29) is 6.61 Å². The first kappa shape index (κ1) is 61.4. The lowest BCUT2D eigenvalue weighted by Gasteiger charge is -2.19. The standard InChI is InChI=1S/C61H100N2O8/c1-4-7-10-13-16-19-22-25-28-31-43-68-59-51-54(53-71-58-40-36-56(37-41-58)63-62-55-34-38-57(39-35-55)67-50-49-66-48-47-65-46-42-64)52-60(69-44-32-29-26-23-20-17-14-11-8-5-2)61(59)70-45-33-30-27-24-21-18-15-12-9-6-3/h34-41,51-52,64H,4-33,42-50,53H2,1-3H3. The molecule has 1 N–H and O–H groups in total. The van der Waals surface area contributed by atoms with Gasteiger partial charge in [-0.05, 0) is 85.5 Å². The normalized spacial score (nSPS) is 11.4. The molecule has 0 unspecified atom stereocenters. The lowest BCUT2D eigenvalue weighted by Crippen LogP contribution is -2.11. The SMILES string of the molecule is CCCCCCCCCCCCOc1cc(COc2ccc(N=Nc3ccc(OCCOCCOCCO)cc3)cc2)cc(OCCCCCCCCCCCC)c1OCCCCCCCCCCCC. The average molecular weight is 989 g/mol. The molecule has 0 aliphatic carbocycles. The van der Waals surface area contributed by atoms with Crippen LogP contribution in [-0.4, -0.2) is 64.6 Å². The second kappa shape index (κ2) is 44.8. The maximum atomic E-state index is 8.77. The molecule has 0 amide bonds. The highest BCUT2D eigenvalue weighted by atomic mass is 16.6. The Balaban J connectivity index is 1.62. The first-order valence-corrected chi connectivity index (χ1v) is 28.9. The second-order valence-corrected chi connectivity index (χ2v) is 19.3. The molecule has 0 atom stereocenters. The summed E-state index contributed by atoms with van der Waals surface area (Å²) in [5.41, 5.74) is 2.44. The molecule has 3 rings (SSSR count). The summed E-state index contributed by atoms with van der Waals surface area (Å²) in [5.74, 6) is 3.73.